The van der Waals surface area contributed by atoms with Crippen LogP contribution in [0.2, 0.25) is 0 Å². The van der Waals surface area contributed by atoms with Crippen LogP contribution in [0.15, 0.2) is 15.4 Å². The molecule has 118 valence electrons. The summed E-state index contributed by atoms with van der Waals surface area (Å²) in [6.45, 7) is 9.12. The number of aromatic hydroxyl groups is 1. The van der Waals surface area contributed by atoms with Gasteiger partial charge in [-0.25, -0.2) is 0 Å². The van der Waals surface area contributed by atoms with Crippen LogP contribution in [0.1, 0.15) is 48.1 Å². The first-order chi connectivity index (χ1) is 10.1. The molecule has 0 aromatic carbocycles. The minimum Gasteiger partial charge on any atom is -0.507 e. The first-order valence-corrected chi connectivity index (χ1v) is 6.82. The first kappa shape index (κ1) is 15.8. The summed E-state index contributed by atoms with van der Waals surface area (Å²) in [5.74, 6) is -0.972. The molecule has 2 heterocycles. The number of nitrogens with zero attached hydrogens (tertiary/aromatic N) is 1. The van der Waals surface area contributed by atoms with E-state index < -0.39 is 11.5 Å². The third kappa shape index (κ3) is 2.88. The summed E-state index contributed by atoms with van der Waals surface area (Å²) >= 11 is 0. The molecule has 0 aliphatic heterocycles. The number of aromatic nitrogens is 2. The molecule has 0 saturated carbocycles. The van der Waals surface area contributed by atoms with E-state index in [1.54, 1.807) is 19.9 Å². The molecule has 0 aliphatic rings. The summed E-state index contributed by atoms with van der Waals surface area (Å²) in [4.78, 5) is 26.6. The zero-order valence-corrected chi connectivity index (χ0v) is 13.2. The molecule has 2 rings (SSSR count). The maximum absolute atomic E-state index is 12.2. The van der Waals surface area contributed by atoms with Crippen LogP contribution in [0, 0.1) is 13.8 Å². The molecule has 0 unspecified atom stereocenters. The van der Waals surface area contributed by atoms with Gasteiger partial charge in [0.25, 0.3) is 11.5 Å². The Morgan fingerprint density at radius 2 is 2.00 bits per heavy atom. The van der Waals surface area contributed by atoms with Gasteiger partial charge in [0, 0.05) is 22.7 Å². The number of anilines is 1. The molecule has 0 bridgehead atoms. The van der Waals surface area contributed by atoms with Crippen LogP contribution in [0.5, 0.6) is 5.75 Å². The smallest absolute Gasteiger partial charge is 0.267 e. The van der Waals surface area contributed by atoms with Gasteiger partial charge in [0.05, 0.1) is 5.69 Å². The van der Waals surface area contributed by atoms with Gasteiger partial charge in [0.15, 0.2) is 0 Å². The summed E-state index contributed by atoms with van der Waals surface area (Å²) in [6.07, 6.45) is 0. The maximum atomic E-state index is 12.2. The Bertz CT molecular complexity index is 781. The van der Waals surface area contributed by atoms with E-state index in [2.05, 4.69) is 15.5 Å². The van der Waals surface area contributed by atoms with Crippen LogP contribution in [0.4, 0.5) is 5.88 Å². The van der Waals surface area contributed by atoms with Crippen LogP contribution < -0.4 is 10.9 Å². The van der Waals surface area contributed by atoms with Crippen LogP contribution in [-0.2, 0) is 5.41 Å². The van der Waals surface area contributed by atoms with Crippen molar-refractivity contribution in [2.24, 2.45) is 0 Å². The van der Waals surface area contributed by atoms with E-state index in [9.17, 15) is 14.7 Å². The minimum atomic E-state index is -0.751. The largest absolute Gasteiger partial charge is 0.507 e. The molecular formula is C15H19N3O4. The topological polar surface area (TPSA) is 108 Å². The number of carbonyl (C=O) groups is 1. The van der Waals surface area contributed by atoms with Crippen molar-refractivity contribution in [1.29, 1.82) is 0 Å². The second-order valence-corrected chi connectivity index (χ2v) is 6.21. The lowest BCUT2D eigenvalue weighted by atomic mass is 9.92. The molecule has 2 aromatic rings. The number of hydrogen-bond acceptors (Lipinski definition) is 5. The summed E-state index contributed by atoms with van der Waals surface area (Å²) < 4.78 is 5.04. The molecule has 0 atom stereocenters. The van der Waals surface area contributed by atoms with Crippen LogP contribution in [-0.4, -0.2) is 21.2 Å². The number of rotatable bonds is 2. The standard InChI is InChI=1S/C15H19N3O4/c1-7-8(2)16-13(20)11(12(7)19)14(21)17-10-6-9(18-22-10)15(3,4)5/h6H,1-5H3,(H,17,21)(H2,16,19,20). The average Bonchev–Trinajstić information content (AvgIpc) is 2.84. The second-order valence-electron chi connectivity index (χ2n) is 6.21. The molecular weight excluding hydrogens is 286 g/mol. The quantitative estimate of drug-likeness (QED) is 0.788. The monoisotopic (exact) mass is 305 g/mol. The average molecular weight is 305 g/mol. The zero-order chi connectivity index (χ0) is 16.7. The lowest BCUT2D eigenvalue weighted by molar-refractivity contribution is 0.101. The molecule has 3 N–H and O–H groups in total. The van der Waals surface area contributed by atoms with Crippen molar-refractivity contribution in [2.45, 2.75) is 40.0 Å². The molecule has 0 saturated heterocycles. The van der Waals surface area contributed by atoms with Crippen molar-refractivity contribution in [3.8, 4) is 5.75 Å². The van der Waals surface area contributed by atoms with E-state index in [-0.39, 0.29) is 22.6 Å². The van der Waals surface area contributed by atoms with Crippen molar-refractivity contribution < 1.29 is 14.4 Å². The Morgan fingerprint density at radius 3 is 2.55 bits per heavy atom. The fourth-order valence-corrected chi connectivity index (χ4v) is 1.87. The van der Waals surface area contributed by atoms with Gasteiger partial charge < -0.3 is 14.6 Å². The molecule has 2 aromatic heterocycles. The highest BCUT2D eigenvalue weighted by molar-refractivity contribution is 6.05. The van der Waals surface area contributed by atoms with Gasteiger partial charge in [-0.2, -0.15) is 0 Å². The highest BCUT2D eigenvalue weighted by Crippen LogP contribution is 2.25. The predicted octanol–water partition coefficient (Wildman–Crippen LogP) is 2.24. The first-order valence-electron chi connectivity index (χ1n) is 6.82. The number of nitrogens with one attached hydrogen (secondary N) is 2. The Morgan fingerprint density at radius 1 is 1.36 bits per heavy atom. The van der Waals surface area contributed by atoms with E-state index in [1.807, 2.05) is 20.8 Å². The van der Waals surface area contributed by atoms with Crippen molar-refractivity contribution in [3.63, 3.8) is 0 Å². The SMILES string of the molecule is Cc1[nH]c(=O)c(C(=O)Nc2cc(C(C)(C)C)no2)c(O)c1C. The third-order valence-electron chi connectivity index (χ3n) is 3.42. The number of H-pyrrole nitrogens is 1. The van der Waals surface area contributed by atoms with E-state index >= 15 is 0 Å². The molecule has 7 nitrogen and oxygen atoms in total. The highest BCUT2D eigenvalue weighted by Gasteiger charge is 2.23. The lowest BCUT2D eigenvalue weighted by Crippen LogP contribution is -2.24. The molecule has 22 heavy (non-hydrogen) atoms. The summed E-state index contributed by atoms with van der Waals surface area (Å²) in [6, 6.07) is 1.59. The van der Waals surface area contributed by atoms with Crippen molar-refractivity contribution in [3.05, 3.63) is 38.9 Å². The Labute approximate surface area is 127 Å². The van der Waals surface area contributed by atoms with E-state index in [0.717, 1.165) is 0 Å². The maximum Gasteiger partial charge on any atom is 0.267 e. The van der Waals surface area contributed by atoms with E-state index in [0.29, 0.717) is 17.0 Å². The number of aryl methyl sites for hydroxylation is 1. The van der Waals surface area contributed by atoms with Gasteiger partial charge in [0.1, 0.15) is 11.3 Å². The normalized spacial score (nSPS) is 11.5. The summed E-state index contributed by atoms with van der Waals surface area (Å²) in [5, 5.41) is 16.3. The van der Waals surface area contributed by atoms with Crippen molar-refractivity contribution in [1.82, 2.24) is 10.1 Å². The van der Waals surface area contributed by atoms with Crippen molar-refractivity contribution in [2.75, 3.05) is 5.32 Å². The Kier molecular flexibility index (Phi) is 3.83. The van der Waals surface area contributed by atoms with Gasteiger partial charge >= 0.3 is 0 Å². The lowest BCUT2D eigenvalue weighted by Gasteiger charge is -2.12. The van der Waals surface area contributed by atoms with Crippen LogP contribution in [0.3, 0.4) is 0 Å². The summed E-state index contributed by atoms with van der Waals surface area (Å²) in [5.41, 5.74) is 0.380. The van der Waals surface area contributed by atoms with E-state index in [1.165, 1.54) is 0 Å². The van der Waals surface area contributed by atoms with Gasteiger partial charge in [-0.15, -0.1) is 0 Å². The molecule has 7 heteroatoms. The Hall–Kier alpha value is -2.57. The van der Waals surface area contributed by atoms with Gasteiger partial charge in [-0.3, -0.25) is 14.9 Å². The predicted molar refractivity (Wildman–Crippen MR) is 81.4 cm³/mol. The molecule has 0 aliphatic carbocycles. The number of pyridine rings is 1. The van der Waals surface area contributed by atoms with E-state index in [4.69, 9.17) is 4.52 Å². The molecule has 0 radical (unpaired) electrons. The van der Waals surface area contributed by atoms with Gasteiger partial charge in [-0.05, 0) is 13.8 Å². The Balaban J connectivity index is 2.33. The van der Waals surface area contributed by atoms with Crippen molar-refractivity contribution >= 4 is 11.8 Å². The number of amides is 1. The zero-order valence-electron chi connectivity index (χ0n) is 13.2. The number of hydrogen-bond donors (Lipinski definition) is 3. The summed E-state index contributed by atoms with van der Waals surface area (Å²) in [7, 11) is 0. The molecule has 0 spiro atoms. The fourth-order valence-electron chi connectivity index (χ4n) is 1.87. The molecule has 0 fully saturated rings. The van der Waals surface area contributed by atoms with Gasteiger partial charge in [-0.1, -0.05) is 25.9 Å². The number of carbonyl (C=O) groups excluding carboxylic acids is 1. The molecule has 1 amide bonds. The van der Waals surface area contributed by atoms with Crippen LogP contribution in [0.25, 0.3) is 0 Å². The second kappa shape index (κ2) is 5.32. The third-order valence-corrected chi connectivity index (χ3v) is 3.42. The van der Waals surface area contributed by atoms with Gasteiger partial charge in [0.2, 0.25) is 5.88 Å². The number of aromatic amines is 1. The fraction of sp³-hybridized carbons (Fsp3) is 0.400. The van der Waals surface area contributed by atoms with Crippen LogP contribution >= 0.6 is 0 Å². The highest BCUT2D eigenvalue weighted by atomic mass is 16.5. The minimum absolute atomic E-state index is 0.118.